The Morgan fingerprint density at radius 2 is 1.79 bits per heavy atom. The van der Waals surface area contributed by atoms with E-state index in [4.69, 9.17) is 0 Å². The topological polar surface area (TPSA) is 24.1 Å². The van der Waals surface area contributed by atoms with Crippen molar-refractivity contribution in [2.45, 2.75) is 12.5 Å². The van der Waals surface area contributed by atoms with Crippen molar-refractivity contribution in [3.8, 4) is 11.1 Å². The van der Waals surface area contributed by atoms with Gasteiger partial charge in [-0.25, -0.2) is 0 Å². The van der Waals surface area contributed by atoms with Crippen LogP contribution in [0.4, 0.5) is 0 Å². The van der Waals surface area contributed by atoms with E-state index in [1.165, 1.54) is 27.8 Å². The number of nitrogens with one attached hydrogen (secondary N) is 2. The monoisotopic (exact) mass is 250 g/mol. The molecule has 19 heavy (non-hydrogen) atoms. The van der Waals surface area contributed by atoms with Crippen molar-refractivity contribution in [3.63, 3.8) is 0 Å². The molecule has 0 saturated carbocycles. The second kappa shape index (κ2) is 4.48. The SMILES string of the molecule is c1ccc2c(c1)Cc1cc([C@@H]3CNCCN3)ccc1-2. The summed E-state index contributed by atoms with van der Waals surface area (Å²) in [6, 6.07) is 16.2. The first kappa shape index (κ1) is 11.2. The Kier molecular flexibility index (Phi) is 2.64. The Morgan fingerprint density at radius 1 is 0.895 bits per heavy atom. The third-order valence-corrected chi connectivity index (χ3v) is 4.26. The summed E-state index contributed by atoms with van der Waals surface area (Å²) in [7, 11) is 0. The molecule has 2 aromatic carbocycles. The van der Waals surface area contributed by atoms with Crippen LogP contribution in [0.3, 0.4) is 0 Å². The van der Waals surface area contributed by atoms with Gasteiger partial charge in [-0.1, -0.05) is 42.5 Å². The Morgan fingerprint density at radius 3 is 2.68 bits per heavy atom. The quantitative estimate of drug-likeness (QED) is 0.693. The number of hydrogen-bond donors (Lipinski definition) is 2. The van der Waals surface area contributed by atoms with Gasteiger partial charge >= 0.3 is 0 Å². The van der Waals surface area contributed by atoms with E-state index in [-0.39, 0.29) is 0 Å². The maximum absolute atomic E-state index is 3.59. The molecule has 0 spiro atoms. The highest BCUT2D eigenvalue weighted by Crippen LogP contribution is 2.37. The minimum Gasteiger partial charge on any atom is -0.314 e. The number of benzene rings is 2. The summed E-state index contributed by atoms with van der Waals surface area (Å²) in [5, 5.41) is 7.04. The van der Waals surface area contributed by atoms with E-state index in [0.717, 1.165) is 26.1 Å². The lowest BCUT2D eigenvalue weighted by Crippen LogP contribution is -2.42. The van der Waals surface area contributed by atoms with Crippen LogP contribution >= 0.6 is 0 Å². The van der Waals surface area contributed by atoms with Crippen molar-refractivity contribution in [3.05, 3.63) is 59.2 Å². The van der Waals surface area contributed by atoms with Crippen LogP contribution in [0.2, 0.25) is 0 Å². The van der Waals surface area contributed by atoms with Gasteiger partial charge < -0.3 is 10.6 Å². The molecule has 1 saturated heterocycles. The van der Waals surface area contributed by atoms with E-state index in [9.17, 15) is 0 Å². The molecule has 1 atom stereocenters. The largest absolute Gasteiger partial charge is 0.314 e. The van der Waals surface area contributed by atoms with Gasteiger partial charge in [0.1, 0.15) is 0 Å². The molecule has 2 aromatic rings. The molecule has 0 radical (unpaired) electrons. The van der Waals surface area contributed by atoms with Gasteiger partial charge in [-0.3, -0.25) is 0 Å². The van der Waals surface area contributed by atoms with E-state index in [2.05, 4.69) is 53.1 Å². The summed E-state index contributed by atoms with van der Waals surface area (Å²) in [6.45, 7) is 3.17. The van der Waals surface area contributed by atoms with Crippen LogP contribution in [-0.4, -0.2) is 19.6 Å². The van der Waals surface area contributed by atoms with Gasteiger partial charge in [-0.05, 0) is 34.2 Å². The molecule has 96 valence electrons. The molecule has 1 aliphatic carbocycles. The fraction of sp³-hybridized carbons (Fsp3) is 0.294. The summed E-state index contributed by atoms with van der Waals surface area (Å²) >= 11 is 0. The highest BCUT2D eigenvalue weighted by Gasteiger charge is 2.20. The second-order valence-corrected chi connectivity index (χ2v) is 5.46. The first-order valence-electron chi connectivity index (χ1n) is 7.07. The maximum atomic E-state index is 3.59. The molecule has 0 amide bonds. The Balaban J connectivity index is 1.71. The smallest absolute Gasteiger partial charge is 0.0447 e. The molecule has 0 bridgehead atoms. The molecule has 2 aliphatic rings. The van der Waals surface area contributed by atoms with E-state index in [1.807, 2.05) is 0 Å². The van der Waals surface area contributed by atoms with Crippen LogP contribution in [0, 0.1) is 0 Å². The minimum absolute atomic E-state index is 0.461. The summed E-state index contributed by atoms with van der Waals surface area (Å²) < 4.78 is 0. The van der Waals surface area contributed by atoms with Gasteiger partial charge in [-0.2, -0.15) is 0 Å². The summed E-state index contributed by atoms with van der Waals surface area (Å²) in [6.07, 6.45) is 1.08. The van der Waals surface area contributed by atoms with Crippen molar-refractivity contribution in [2.75, 3.05) is 19.6 Å². The molecule has 1 fully saturated rings. The Hall–Kier alpha value is -1.64. The number of rotatable bonds is 1. The predicted molar refractivity (Wildman–Crippen MR) is 78.3 cm³/mol. The Labute approximate surface area is 113 Å². The highest BCUT2D eigenvalue weighted by atomic mass is 15.1. The first-order valence-corrected chi connectivity index (χ1v) is 7.07. The van der Waals surface area contributed by atoms with Crippen LogP contribution in [0.5, 0.6) is 0 Å². The fourth-order valence-corrected chi connectivity index (χ4v) is 3.27. The Bertz CT molecular complexity index is 612. The van der Waals surface area contributed by atoms with Crippen LogP contribution in [0.15, 0.2) is 42.5 Å². The zero-order chi connectivity index (χ0) is 12.7. The zero-order valence-corrected chi connectivity index (χ0v) is 10.9. The van der Waals surface area contributed by atoms with E-state index < -0.39 is 0 Å². The number of fused-ring (bicyclic) bond motifs is 3. The minimum atomic E-state index is 0.461. The lowest BCUT2D eigenvalue weighted by Gasteiger charge is -2.25. The second-order valence-electron chi connectivity index (χ2n) is 5.46. The van der Waals surface area contributed by atoms with E-state index in [0.29, 0.717) is 6.04 Å². The van der Waals surface area contributed by atoms with Crippen LogP contribution in [0.25, 0.3) is 11.1 Å². The highest BCUT2D eigenvalue weighted by molar-refractivity contribution is 5.77. The lowest BCUT2D eigenvalue weighted by atomic mass is 9.99. The molecule has 0 aromatic heterocycles. The summed E-state index contributed by atoms with van der Waals surface area (Å²) in [5.74, 6) is 0. The van der Waals surface area contributed by atoms with Gasteiger partial charge in [0, 0.05) is 25.7 Å². The molecule has 2 heteroatoms. The van der Waals surface area contributed by atoms with Crippen molar-refractivity contribution in [2.24, 2.45) is 0 Å². The first-order chi connectivity index (χ1) is 9.42. The summed E-state index contributed by atoms with van der Waals surface area (Å²) in [4.78, 5) is 0. The molecule has 2 N–H and O–H groups in total. The molecule has 2 nitrogen and oxygen atoms in total. The van der Waals surface area contributed by atoms with Gasteiger partial charge in [-0.15, -0.1) is 0 Å². The molecular formula is C17H18N2. The normalized spacial score (nSPS) is 20.9. The van der Waals surface area contributed by atoms with Crippen LogP contribution < -0.4 is 10.6 Å². The van der Waals surface area contributed by atoms with Crippen molar-refractivity contribution in [1.82, 2.24) is 10.6 Å². The van der Waals surface area contributed by atoms with Gasteiger partial charge in [0.15, 0.2) is 0 Å². The molecule has 1 aliphatic heterocycles. The number of hydrogen-bond acceptors (Lipinski definition) is 2. The molecule has 4 rings (SSSR count). The fourth-order valence-electron chi connectivity index (χ4n) is 3.27. The maximum Gasteiger partial charge on any atom is 0.0447 e. The predicted octanol–water partition coefficient (Wildman–Crippen LogP) is 2.49. The zero-order valence-electron chi connectivity index (χ0n) is 10.9. The van der Waals surface area contributed by atoms with Gasteiger partial charge in [0.25, 0.3) is 0 Å². The third kappa shape index (κ3) is 1.88. The molecular weight excluding hydrogens is 232 g/mol. The third-order valence-electron chi connectivity index (χ3n) is 4.26. The van der Waals surface area contributed by atoms with Crippen LogP contribution in [-0.2, 0) is 6.42 Å². The van der Waals surface area contributed by atoms with Gasteiger partial charge in [0.05, 0.1) is 0 Å². The van der Waals surface area contributed by atoms with E-state index >= 15 is 0 Å². The number of piperazine rings is 1. The standard InChI is InChI=1S/C17H18N2/c1-2-4-15-12(3-1)9-14-10-13(5-6-16(14)15)17-11-18-7-8-19-17/h1-6,10,17-19H,7-9,11H2/t17-/m0/s1. The average molecular weight is 250 g/mol. The summed E-state index contributed by atoms with van der Waals surface area (Å²) in [5.41, 5.74) is 7.19. The molecule has 1 heterocycles. The van der Waals surface area contributed by atoms with Crippen molar-refractivity contribution < 1.29 is 0 Å². The van der Waals surface area contributed by atoms with Crippen molar-refractivity contribution >= 4 is 0 Å². The lowest BCUT2D eigenvalue weighted by molar-refractivity contribution is 0.430. The van der Waals surface area contributed by atoms with E-state index in [1.54, 1.807) is 0 Å². The van der Waals surface area contributed by atoms with Crippen LogP contribution in [0.1, 0.15) is 22.7 Å². The average Bonchev–Trinajstić information content (AvgIpc) is 2.86. The molecule has 0 unspecified atom stereocenters. The van der Waals surface area contributed by atoms with Crippen molar-refractivity contribution in [1.29, 1.82) is 0 Å². The van der Waals surface area contributed by atoms with Gasteiger partial charge in [0.2, 0.25) is 0 Å².